The molecule has 0 saturated carbocycles. The first-order valence-corrected chi connectivity index (χ1v) is 10.7. The van der Waals surface area contributed by atoms with Gasteiger partial charge in [-0.1, -0.05) is 6.92 Å². The van der Waals surface area contributed by atoms with Crippen molar-refractivity contribution >= 4 is 16.9 Å². The molecule has 0 spiro atoms. The van der Waals surface area contributed by atoms with Crippen LogP contribution in [0.1, 0.15) is 32.9 Å². The number of hydrogen-bond donors (Lipinski definition) is 2. The van der Waals surface area contributed by atoms with E-state index in [2.05, 4.69) is 65.7 Å². The Bertz CT molecular complexity index is 1140. The number of piperazine rings is 1. The first kappa shape index (κ1) is 18.9. The predicted molar refractivity (Wildman–Crippen MR) is 120 cm³/mol. The SMILES string of the molecule is CCC1=CC(c2cc(=O)n3cc(N4CCN[C@@H](C)C4)ccc3n2)=CN2C=C(C)NC12. The van der Waals surface area contributed by atoms with Crippen LogP contribution in [0.25, 0.3) is 11.2 Å². The highest BCUT2D eigenvalue weighted by atomic mass is 16.1. The molecule has 0 amide bonds. The molecule has 156 valence electrons. The van der Waals surface area contributed by atoms with Crippen LogP contribution >= 0.6 is 0 Å². The molecular formula is C23H28N6O. The largest absolute Gasteiger partial charge is 0.368 e. The van der Waals surface area contributed by atoms with Crippen LogP contribution in [0, 0.1) is 0 Å². The molecule has 5 heterocycles. The van der Waals surface area contributed by atoms with Gasteiger partial charge in [-0.25, -0.2) is 4.98 Å². The minimum absolute atomic E-state index is 0.0548. The van der Waals surface area contributed by atoms with Gasteiger partial charge in [0.15, 0.2) is 0 Å². The lowest BCUT2D eigenvalue weighted by molar-refractivity contribution is 0.399. The van der Waals surface area contributed by atoms with Crippen molar-refractivity contribution < 1.29 is 0 Å². The number of rotatable bonds is 3. The van der Waals surface area contributed by atoms with Crippen LogP contribution in [0.5, 0.6) is 0 Å². The van der Waals surface area contributed by atoms with Gasteiger partial charge in [-0.3, -0.25) is 9.20 Å². The summed E-state index contributed by atoms with van der Waals surface area (Å²) in [5, 5.41) is 6.94. The Hall–Kier alpha value is -3.06. The van der Waals surface area contributed by atoms with Crippen molar-refractivity contribution in [1.29, 1.82) is 0 Å². The summed E-state index contributed by atoms with van der Waals surface area (Å²) in [5.74, 6) is 0. The fourth-order valence-corrected chi connectivity index (χ4v) is 4.53. The molecule has 0 radical (unpaired) electrons. The molecule has 3 aliphatic heterocycles. The lowest BCUT2D eigenvalue weighted by Crippen LogP contribution is -2.49. The highest BCUT2D eigenvalue weighted by Crippen LogP contribution is 2.30. The molecule has 0 aromatic carbocycles. The summed E-state index contributed by atoms with van der Waals surface area (Å²) in [6.07, 6.45) is 9.36. The van der Waals surface area contributed by atoms with Crippen LogP contribution < -0.4 is 21.1 Å². The lowest BCUT2D eigenvalue weighted by atomic mass is 10.0. The molecule has 5 rings (SSSR count). The molecule has 0 aliphatic carbocycles. The molecule has 1 fully saturated rings. The summed E-state index contributed by atoms with van der Waals surface area (Å²) in [7, 11) is 0. The third kappa shape index (κ3) is 3.29. The van der Waals surface area contributed by atoms with Crippen molar-refractivity contribution in [2.45, 2.75) is 39.4 Å². The second kappa shape index (κ2) is 7.32. The van der Waals surface area contributed by atoms with E-state index in [9.17, 15) is 4.79 Å². The monoisotopic (exact) mass is 404 g/mol. The summed E-state index contributed by atoms with van der Waals surface area (Å²) in [5.41, 5.74) is 5.78. The van der Waals surface area contributed by atoms with Gasteiger partial charge in [0.05, 0.1) is 11.4 Å². The summed E-state index contributed by atoms with van der Waals surface area (Å²) in [6.45, 7) is 9.22. The summed E-state index contributed by atoms with van der Waals surface area (Å²) >= 11 is 0. The maximum absolute atomic E-state index is 13.0. The fraction of sp³-hybridized carbons (Fsp3) is 0.391. The molecule has 2 N–H and O–H groups in total. The van der Waals surface area contributed by atoms with E-state index in [-0.39, 0.29) is 11.7 Å². The molecule has 0 bridgehead atoms. The number of aromatic nitrogens is 2. The third-order valence-corrected chi connectivity index (χ3v) is 6.07. The van der Waals surface area contributed by atoms with Gasteiger partial charge in [-0.2, -0.15) is 0 Å². The van der Waals surface area contributed by atoms with Gasteiger partial charge in [-0.05, 0) is 44.1 Å². The molecule has 7 nitrogen and oxygen atoms in total. The Kier molecular flexibility index (Phi) is 4.62. The highest BCUT2D eigenvalue weighted by molar-refractivity contribution is 5.75. The van der Waals surface area contributed by atoms with E-state index >= 15 is 0 Å². The first-order chi connectivity index (χ1) is 14.5. The highest BCUT2D eigenvalue weighted by Gasteiger charge is 2.27. The van der Waals surface area contributed by atoms with Crippen LogP contribution in [-0.4, -0.2) is 46.1 Å². The molecule has 2 aromatic rings. The van der Waals surface area contributed by atoms with E-state index in [1.165, 1.54) is 5.57 Å². The molecule has 3 aliphatic rings. The standard InChI is InChI=1S/C23H28N6O/c1-4-17-9-18(13-28-12-16(3)25-23(17)28)20-10-22(30)29-14-19(5-6-21(29)26-20)27-8-7-24-15(2)11-27/h5-6,9-10,12-15,23-25H,4,7-8,11H2,1-3H3/t15-,23?/m0/s1. The zero-order valence-electron chi connectivity index (χ0n) is 17.7. The summed E-state index contributed by atoms with van der Waals surface area (Å²) in [4.78, 5) is 22.3. The summed E-state index contributed by atoms with van der Waals surface area (Å²) < 4.78 is 1.66. The van der Waals surface area contributed by atoms with Crippen LogP contribution in [0.2, 0.25) is 0 Å². The van der Waals surface area contributed by atoms with Gasteiger partial charge >= 0.3 is 0 Å². The van der Waals surface area contributed by atoms with E-state index in [1.54, 1.807) is 10.5 Å². The maximum Gasteiger partial charge on any atom is 0.258 e. The van der Waals surface area contributed by atoms with E-state index in [0.29, 0.717) is 17.4 Å². The Morgan fingerprint density at radius 3 is 2.93 bits per heavy atom. The topological polar surface area (TPSA) is 64.9 Å². The van der Waals surface area contributed by atoms with Crippen LogP contribution in [0.3, 0.4) is 0 Å². The number of nitrogens with one attached hydrogen (secondary N) is 2. The van der Waals surface area contributed by atoms with Crippen LogP contribution in [-0.2, 0) is 0 Å². The molecular weight excluding hydrogens is 376 g/mol. The van der Waals surface area contributed by atoms with E-state index < -0.39 is 0 Å². The molecule has 7 heteroatoms. The maximum atomic E-state index is 13.0. The van der Waals surface area contributed by atoms with E-state index in [1.807, 2.05) is 12.3 Å². The Morgan fingerprint density at radius 2 is 2.13 bits per heavy atom. The zero-order chi connectivity index (χ0) is 20.8. The third-order valence-electron chi connectivity index (χ3n) is 6.07. The second-order valence-electron chi connectivity index (χ2n) is 8.36. The van der Waals surface area contributed by atoms with Crippen LogP contribution in [0.15, 0.2) is 58.9 Å². The van der Waals surface area contributed by atoms with Crippen LogP contribution in [0.4, 0.5) is 5.69 Å². The van der Waals surface area contributed by atoms with Crippen molar-refractivity contribution in [2.24, 2.45) is 0 Å². The number of anilines is 1. The minimum Gasteiger partial charge on any atom is -0.368 e. The quantitative estimate of drug-likeness (QED) is 0.818. The van der Waals surface area contributed by atoms with Gasteiger partial charge in [0.2, 0.25) is 0 Å². The van der Waals surface area contributed by atoms with Gasteiger partial charge < -0.3 is 20.4 Å². The molecule has 1 unspecified atom stereocenters. The Labute approximate surface area is 176 Å². The van der Waals surface area contributed by atoms with E-state index in [4.69, 9.17) is 4.98 Å². The first-order valence-electron chi connectivity index (χ1n) is 10.7. The van der Waals surface area contributed by atoms with Crippen molar-refractivity contribution in [1.82, 2.24) is 24.9 Å². The number of pyridine rings is 1. The van der Waals surface area contributed by atoms with Gasteiger partial charge in [0.25, 0.3) is 5.56 Å². The van der Waals surface area contributed by atoms with Crippen molar-refractivity contribution in [3.8, 4) is 0 Å². The molecule has 2 aromatic heterocycles. The molecule has 30 heavy (non-hydrogen) atoms. The molecule has 2 atom stereocenters. The second-order valence-corrected chi connectivity index (χ2v) is 8.36. The summed E-state index contributed by atoms with van der Waals surface area (Å²) in [6, 6.07) is 6.10. The normalized spacial score (nSPS) is 23.6. The number of fused-ring (bicyclic) bond motifs is 2. The predicted octanol–water partition coefficient (Wildman–Crippen LogP) is 2.28. The average molecular weight is 405 g/mol. The van der Waals surface area contributed by atoms with Crippen molar-refractivity contribution in [3.63, 3.8) is 0 Å². The smallest absolute Gasteiger partial charge is 0.258 e. The van der Waals surface area contributed by atoms with Gasteiger partial charge in [0.1, 0.15) is 11.8 Å². The average Bonchev–Trinajstić information content (AvgIpc) is 3.13. The fourth-order valence-electron chi connectivity index (χ4n) is 4.53. The zero-order valence-corrected chi connectivity index (χ0v) is 17.7. The Morgan fingerprint density at radius 1 is 1.27 bits per heavy atom. The van der Waals surface area contributed by atoms with Gasteiger partial charge in [0, 0.05) is 61.6 Å². The Balaban J connectivity index is 1.52. The van der Waals surface area contributed by atoms with Crippen molar-refractivity contribution in [2.75, 3.05) is 24.5 Å². The minimum atomic E-state index is -0.0548. The van der Waals surface area contributed by atoms with E-state index in [0.717, 1.165) is 43.0 Å². The lowest BCUT2D eigenvalue weighted by Gasteiger charge is -2.33. The van der Waals surface area contributed by atoms with Gasteiger partial charge in [-0.15, -0.1) is 0 Å². The number of allylic oxidation sites excluding steroid dienone is 3. The molecule has 1 saturated heterocycles. The number of hydrogen-bond acceptors (Lipinski definition) is 6. The number of nitrogens with zero attached hydrogens (tertiary/aromatic N) is 4. The van der Waals surface area contributed by atoms with Crippen molar-refractivity contribution in [3.05, 3.63) is 70.2 Å².